The van der Waals surface area contributed by atoms with Gasteiger partial charge in [0.25, 0.3) is 10.0 Å². The van der Waals surface area contributed by atoms with Crippen molar-refractivity contribution in [3.8, 4) is 0 Å². The van der Waals surface area contributed by atoms with Gasteiger partial charge in [-0.3, -0.25) is 0 Å². The molecule has 0 atom stereocenters. The van der Waals surface area contributed by atoms with Crippen molar-refractivity contribution >= 4 is 10.0 Å². The summed E-state index contributed by atoms with van der Waals surface area (Å²) in [5.74, 6) is 0. The SMILES string of the molecule is Cn1cnc(S(=O)(=O)NCCNC2CCCCCC2)c1. The number of nitrogens with one attached hydrogen (secondary N) is 2. The lowest BCUT2D eigenvalue weighted by molar-refractivity contribution is 0.461. The van der Waals surface area contributed by atoms with Gasteiger partial charge < -0.3 is 9.88 Å². The number of imidazole rings is 1. The summed E-state index contributed by atoms with van der Waals surface area (Å²) in [6, 6.07) is 0.539. The maximum Gasteiger partial charge on any atom is 0.259 e. The first-order chi connectivity index (χ1) is 9.58. The molecule has 2 rings (SSSR count). The normalized spacial score (nSPS) is 18.1. The van der Waals surface area contributed by atoms with Crippen LogP contribution in [0.4, 0.5) is 0 Å². The predicted molar refractivity (Wildman–Crippen MR) is 77.9 cm³/mol. The van der Waals surface area contributed by atoms with Crippen LogP contribution >= 0.6 is 0 Å². The van der Waals surface area contributed by atoms with Crippen molar-refractivity contribution in [3.05, 3.63) is 12.5 Å². The van der Waals surface area contributed by atoms with Gasteiger partial charge in [0, 0.05) is 32.4 Å². The summed E-state index contributed by atoms with van der Waals surface area (Å²) in [7, 11) is -1.72. The Balaban J connectivity index is 1.72. The lowest BCUT2D eigenvalue weighted by Crippen LogP contribution is -2.36. The Morgan fingerprint density at radius 3 is 2.55 bits per heavy atom. The molecule has 0 aromatic carbocycles. The van der Waals surface area contributed by atoms with Gasteiger partial charge in [0.2, 0.25) is 0 Å². The van der Waals surface area contributed by atoms with Crippen molar-refractivity contribution in [3.63, 3.8) is 0 Å². The molecule has 0 aliphatic heterocycles. The molecule has 0 bridgehead atoms. The third kappa shape index (κ3) is 4.57. The van der Waals surface area contributed by atoms with Crippen LogP contribution in [0, 0.1) is 0 Å². The maximum atomic E-state index is 11.9. The van der Waals surface area contributed by atoms with Gasteiger partial charge in [-0.1, -0.05) is 25.7 Å². The van der Waals surface area contributed by atoms with E-state index >= 15 is 0 Å². The number of sulfonamides is 1. The number of aromatic nitrogens is 2. The second kappa shape index (κ2) is 7.19. The quantitative estimate of drug-likeness (QED) is 0.607. The van der Waals surface area contributed by atoms with Gasteiger partial charge in [-0.25, -0.2) is 18.1 Å². The highest BCUT2D eigenvalue weighted by molar-refractivity contribution is 7.89. The zero-order valence-electron chi connectivity index (χ0n) is 12.0. The lowest BCUT2D eigenvalue weighted by atomic mass is 10.1. The minimum atomic E-state index is -3.47. The van der Waals surface area contributed by atoms with Gasteiger partial charge in [0.05, 0.1) is 6.33 Å². The van der Waals surface area contributed by atoms with E-state index in [0.717, 1.165) is 0 Å². The second-order valence-corrected chi connectivity index (χ2v) is 7.13. The number of aryl methyl sites for hydroxylation is 1. The highest BCUT2D eigenvalue weighted by Crippen LogP contribution is 2.16. The zero-order valence-corrected chi connectivity index (χ0v) is 12.8. The molecule has 0 saturated heterocycles. The maximum absolute atomic E-state index is 11.9. The van der Waals surface area contributed by atoms with Crippen LogP contribution < -0.4 is 10.0 Å². The van der Waals surface area contributed by atoms with Crippen molar-refractivity contribution in [2.75, 3.05) is 13.1 Å². The van der Waals surface area contributed by atoms with E-state index in [0.29, 0.717) is 19.1 Å². The van der Waals surface area contributed by atoms with E-state index in [1.165, 1.54) is 51.0 Å². The van der Waals surface area contributed by atoms with Gasteiger partial charge in [-0.05, 0) is 12.8 Å². The van der Waals surface area contributed by atoms with E-state index in [1.54, 1.807) is 11.6 Å². The van der Waals surface area contributed by atoms with Crippen LogP contribution in [0.15, 0.2) is 17.6 Å². The van der Waals surface area contributed by atoms with E-state index in [9.17, 15) is 8.42 Å². The van der Waals surface area contributed by atoms with Gasteiger partial charge in [0.15, 0.2) is 5.03 Å². The number of hydrogen-bond acceptors (Lipinski definition) is 4. The van der Waals surface area contributed by atoms with Crippen LogP contribution in [-0.4, -0.2) is 37.1 Å². The Labute approximate surface area is 121 Å². The smallest absolute Gasteiger partial charge is 0.259 e. The summed E-state index contributed by atoms with van der Waals surface area (Å²) in [6.45, 7) is 1.06. The van der Waals surface area contributed by atoms with Gasteiger partial charge in [-0.2, -0.15) is 0 Å². The second-order valence-electron chi connectivity index (χ2n) is 5.42. The molecule has 1 fully saturated rings. The molecule has 0 radical (unpaired) electrons. The van der Waals surface area contributed by atoms with Crippen molar-refractivity contribution < 1.29 is 8.42 Å². The molecule has 1 heterocycles. The van der Waals surface area contributed by atoms with Crippen LogP contribution in [0.1, 0.15) is 38.5 Å². The van der Waals surface area contributed by atoms with Crippen molar-refractivity contribution in [1.82, 2.24) is 19.6 Å². The molecular weight excluding hydrogens is 276 g/mol. The Morgan fingerprint density at radius 2 is 1.95 bits per heavy atom. The fourth-order valence-electron chi connectivity index (χ4n) is 2.55. The predicted octanol–water partition coefficient (Wildman–Crippen LogP) is 1.01. The van der Waals surface area contributed by atoms with Crippen LogP contribution in [0.5, 0.6) is 0 Å². The molecule has 1 aromatic rings. The molecule has 1 aliphatic carbocycles. The highest BCUT2D eigenvalue weighted by Gasteiger charge is 2.16. The van der Waals surface area contributed by atoms with E-state index < -0.39 is 10.0 Å². The molecule has 7 heteroatoms. The topological polar surface area (TPSA) is 76.0 Å². The lowest BCUT2D eigenvalue weighted by Gasteiger charge is -2.16. The molecular formula is C13H24N4O2S. The monoisotopic (exact) mass is 300 g/mol. The Bertz CT molecular complexity index is 504. The van der Waals surface area contributed by atoms with E-state index in [2.05, 4.69) is 15.0 Å². The third-order valence-electron chi connectivity index (χ3n) is 3.66. The largest absolute Gasteiger partial charge is 0.339 e. The molecule has 20 heavy (non-hydrogen) atoms. The molecule has 0 spiro atoms. The van der Waals surface area contributed by atoms with Crippen LogP contribution in [0.2, 0.25) is 0 Å². The first kappa shape index (κ1) is 15.5. The van der Waals surface area contributed by atoms with Crippen molar-refractivity contribution in [2.24, 2.45) is 7.05 Å². The molecule has 6 nitrogen and oxygen atoms in total. The molecule has 1 saturated carbocycles. The average Bonchev–Trinajstić information content (AvgIpc) is 2.70. The van der Waals surface area contributed by atoms with Gasteiger partial charge >= 0.3 is 0 Å². The summed E-state index contributed by atoms with van der Waals surface area (Å²) in [4.78, 5) is 3.86. The summed E-state index contributed by atoms with van der Waals surface area (Å²) in [6.07, 6.45) is 10.6. The van der Waals surface area contributed by atoms with Crippen LogP contribution in [0.25, 0.3) is 0 Å². The molecule has 1 aromatic heterocycles. The van der Waals surface area contributed by atoms with Crippen LogP contribution in [0.3, 0.4) is 0 Å². The minimum absolute atomic E-state index is 0.0782. The van der Waals surface area contributed by atoms with Gasteiger partial charge in [-0.15, -0.1) is 0 Å². The van der Waals surface area contributed by atoms with E-state index in [-0.39, 0.29) is 5.03 Å². The summed E-state index contributed by atoms with van der Waals surface area (Å²) < 4.78 is 28.1. The average molecular weight is 300 g/mol. The van der Waals surface area contributed by atoms with E-state index in [4.69, 9.17) is 0 Å². The van der Waals surface area contributed by atoms with Gasteiger partial charge in [0.1, 0.15) is 0 Å². The first-order valence-electron chi connectivity index (χ1n) is 7.29. The third-order valence-corrected chi connectivity index (χ3v) is 5.01. The zero-order chi connectivity index (χ0) is 14.4. The Kier molecular flexibility index (Phi) is 5.56. The number of hydrogen-bond donors (Lipinski definition) is 2. The fraction of sp³-hybridized carbons (Fsp3) is 0.769. The molecule has 1 aliphatic rings. The fourth-order valence-corrected chi connectivity index (χ4v) is 3.56. The number of rotatable bonds is 6. The Hall–Kier alpha value is -0.920. The number of nitrogens with zero attached hydrogens (tertiary/aromatic N) is 2. The van der Waals surface area contributed by atoms with E-state index in [1.807, 2.05) is 0 Å². The highest BCUT2D eigenvalue weighted by atomic mass is 32.2. The van der Waals surface area contributed by atoms with Crippen molar-refractivity contribution in [2.45, 2.75) is 49.6 Å². The molecule has 0 unspecified atom stereocenters. The van der Waals surface area contributed by atoms with Crippen LogP contribution in [-0.2, 0) is 17.1 Å². The molecule has 114 valence electrons. The molecule has 0 amide bonds. The first-order valence-corrected chi connectivity index (χ1v) is 8.77. The Morgan fingerprint density at radius 1 is 1.25 bits per heavy atom. The molecule has 2 N–H and O–H groups in total. The van der Waals surface area contributed by atoms with Crippen molar-refractivity contribution in [1.29, 1.82) is 0 Å². The minimum Gasteiger partial charge on any atom is -0.339 e. The standard InChI is InChI=1S/C13H24N4O2S/c1-17-10-13(15-11-17)20(18,19)16-9-8-14-12-6-4-2-3-5-7-12/h10-12,14,16H,2-9H2,1H3. The summed E-state index contributed by atoms with van der Waals surface area (Å²) >= 11 is 0. The summed E-state index contributed by atoms with van der Waals surface area (Å²) in [5, 5.41) is 3.52. The summed E-state index contributed by atoms with van der Waals surface area (Å²) in [5.41, 5.74) is 0.